The molecule has 0 spiro atoms. The van der Waals surface area contributed by atoms with E-state index >= 15 is 0 Å². The number of benzene rings is 1. The van der Waals surface area contributed by atoms with Crippen LogP contribution < -0.4 is 9.46 Å². The Bertz CT molecular complexity index is 574. The molecular formula is C17H29NO5S. The highest BCUT2D eigenvalue weighted by molar-refractivity contribution is 7.89. The van der Waals surface area contributed by atoms with Gasteiger partial charge in [0.05, 0.1) is 19.0 Å². The van der Waals surface area contributed by atoms with Gasteiger partial charge in [-0.05, 0) is 37.0 Å². The molecule has 0 aliphatic carbocycles. The summed E-state index contributed by atoms with van der Waals surface area (Å²) < 4.78 is 42.4. The first kappa shape index (κ1) is 20.9. The van der Waals surface area contributed by atoms with Gasteiger partial charge >= 0.3 is 0 Å². The van der Waals surface area contributed by atoms with E-state index in [2.05, 4.69) is 18.6 Å². The first-order valence-electron chi connectivity index (χ1n) is 8.13. The summed E-state index contributed by atoms with van der Waals surface area (Å²) in [6, 6.07) is 7.18. The highest BCUT2D eigenvalue weighted by atomic mass is 32.2. The monoisotopic (exact) mass is 359 g/mol. The summed E-state index contributed by atoms with van der Waals surface area (Å²) in [5.74, 6) is 1.20. The first-order chi connectivity index (χ1) is 11.3. The maximum atomic E-state index is 12.1. The lowest BCUT2D eigenvalue weighted by Crippen LogP contribution is -2.29. The highest BCUT2D eigenvalue weighted by Gasteiger charge is 2.16. The maximum absolute atomic E-state index is 12.1. The number of rotatable bonds is 12. The van der Waals surface area contributed by atoms with Crippen LogP contribution in [-0.2, 0) is 19.5 Å². The number of hydrogen-bond acceptors (Lipinski definition) is 5. The molecule has 0 heterocycles. The fourth-order valence-corrected chi connectivity index (χ4v) is 3.32. The maximum Gasteiger partial charge on any atom is 0.212 e. The Morgan fingerprint density at radius 3 is 2.62 bits per heavy atom. The Labute approximate surface area is 145 Å². The van der Waals surface area contributed by atoms with Crippen molar-refractivity contribution in [3.8, 4) is 5.75 Å². The van der Waals surface area contributed by atoms with E-state index in [1.807, 2.05) is 31.2 Å². The van der Waals surface area contributed by atoms with Gasteiger partial charge in [-0.15, -0.1) is 0 Å². The van der Waals surface area contributed by atoms with Crippen molar-refractivity contribution in [2.24, 2.45) is 5.92 Å². The molecule has 0 aliphatic rings. The predicted molar refractivity (Wildman–Crippen MR) is 94.6 cm³/mol. The second kappa shape index (κ2) is 10.7. The zero-order valence-electron chi connectivity index (χ0n) is 14.9. The van der Waals surface area contributed by atoms with Gasteiger partial charge in [0, 0.05) is 13.2 Å². The second-order valence-corrected chi connectivity index (χ2v) is 7.98. The summed E-state index contributed by atoms with van der Waals surface area (Å²) in [4.78, 5) is 0. The van der Waals surface area contributed by atoms with Crippen molar-refractivity contribution in [2.45, 2.75) is 33.2 Å². The average Bonchev–Trinajstić information content (AvgIpc) is 2.52. The van der Waals surface area contributed by atoms with E-state index in [4.69, 9.17) is 14.2 Å². The molecule has 0 saturated carbocycles. The highest BCUT2D eigenvalue weighted by Crippen LogP contribution is 2.20. The first-order valence-corrected chi connectivity index (χ1v) is 9.78. The molecule has 0 fully saturated rings. The molecule has 0 aromatic heterocycles. The molecule has 1 rings (SSSR count). The third-order valence-electron chi connectivity index (χ3n) is 3.20. The van der Waals surface area contributed by atoms with Crippen LogP contribution in [-0.4, -0.2) is 41.3 Å². The van der Waals surface area contributed by atoms with Gasteiger partial charge in [0.15, 0.2) is 0 Å². The van der Waals surface area contributed by atoms with Crippen molar-refractivity contribution in [3.63, 3.8) is 0 Å². The summed E-state index contributed by atoms with van der Waals surface area (Å²) in [5, 5.41) is 0. The van der Waals surface area contributed by atoms with Gasteiger partial charge in [0.2, 0.25) is 10.0 Å². The Balaban J connectivity index is 2.53. The van der Waals surface area contributed by atoms with Crippen LogP contribution in [0.25, 0.3) is 0 Å². The van der Waals surface area contributed by atoms with Crippen molar-refractivity contribution < 1.29 is 22.6 Å². The van der Waals surface area contributed by atoms with E-state index in [0.29, 0.717) is 25.6 Å². The third-order valence-corrected chi connectivity index (χ3v) is 4.74. The second-order valence-electron chi connectivity index (χ2n) is 6.10. The predicted octanol–water partition coefficient (Wildman–Crippen LogP) is 2.71. The number of methoxy groups -OCH3 is 1. The van der Waals surface area contributed by atoms with E-state index < -0.39 is 10.0 Å². The van der Waals surface area contributed by atoms with Crippen LogP contribution in [0.15, 0.2) is 24.3 Å². The zero-order valence-corrected chi connectivity index (χ0v) is 15.8. The van der Waals surface area contributed by atoms with E-state index in [0.717, 1.165) is 11.3 Å². The number of nitrogens with one attached hydrogen (secondary N) is 1. The molecule has 0 radical (unpaired) electrons. The third kappa shape index (κ3) is 8.63. The van der Waals surface area contributed by atoms with Crippen molar-refractivity contribution >= 4 is 10.0 Å². The summed E-state index contributed by atoms with van der Waals surface area (Å²) in [6.07, 6.45) is 0.420. The molecule has 1 aromatic rings. The largest absolute Gasteiger partial charge is 0.493 e. The average molecular weight is 359 g/mol. The van der Waals surface area contributed by atoms with Gasteiger partial charge in [-0.2, -0.15) is 0 Å². The van der Waals surface area contributed by atoms with Crippen molar-refractivity contribution in [2.75, 3.05) is 32.9 Å². The van der Waals surface area contributed by atoms with Crippen molar-refractivity contribution in [1.29, 1.82) is 0 Å². The van der Waals surface area contributed by atoms with Crippen LogP contribution in [0, 0.1) is 5.92 Å². The lowest BCUT2D eigenvalue weighted by molar-refractivity contribution is -0.0298. The Hall–Kier alpha value is -1.15. The van der Waals surface area contributed by atoms with Crippen LogP contribution in [0.3, 0.4) is 0 Å². The summed E-state index contributed by atoms with van der Waals surface area (Å²) in [6.45, 7) is 7.13. The van der Waals surface area contributed by atoms with E-state index in [1.165, 1.54) is 7.11 Å². The standard InChI is InChI=1S/C17H29NO5S/c1-14(2)12-23-17-8-5-7-16(11-17)15(3)18-24(19,20)10-6-9-22-13-21-4/h5,7-8,11,14-15,18H,6,9-10,12-13H2,1-4H3/t15-/m1/s1. The summed E-state index contributed by atoms with van der Waals surface area (Å²) >= 11 is 0. The minimum atomic E-state index is -3.37. The van der Waals surface area contributed by atoms with E-state index in [-0.39, 0.29) is 18.6 Å². The van der Waals surface area contributed by atoms with Gasteiger partial charge < -0.3 is 14.2 Å². The van der Waals surface area contributed by atoms with Crippen LogP contribution in [0.4, 0.5) is 0 Å². The lowest BCUT2D eigenvalue weighted by atomic mass is 10.1. The fourth-order valence-electron chi connectivity index (χ4n) is 2.03. The number of hydrogen-bond donors (Lipinski definition) is 1. The smallest absolute Gasteiger partial charge is 0.212 e. The molecule has 0 aliphatic heterocycles. The molecule has 1 N–H and O–H groups in total. The minimum Gasteiger partial charge on any atom is -0.493 e. The topological polar surface area (TPSA) is 73.9 Å². The quantitative estimate of drug-likeness (QED) is 0.459. The summed E-state index contributed by atoms with van der Waals surface area (Å²) in [5.41, 5.74) is 0.871. The molecular weight excluding hydrogens is 330 g/mol. The Morgan fingerprint density at radius 1 is 1.21 bits per heavy atom. The number of ether oxygens (including phenoxy) is 3. The Morgan fingerprint density at radius 2 is 1.96 bits per heavy atom. The van der Waals surface area contributed by atoms with E-state index in [1.54, 1.807) is 0 Å². The van der Waals surface area contributed by atoms with Gasteiger partial charge in [-0.3, -0.25) is 0 Å². The fraction of sp³-hybridized carbons (Fsp3) is 0.647. The molecule has 0 saturated heterocycles. The van der Waals surface area contributed by atoms with Crippen LogP contribution in [0.2, 0.25) is 0 Å². The molecule has 6 nitrogen and oxygen atoms in total. The SMILES string of the molecule is COCOCCCS(=O)(=O)N[C@H](C)c1cccc(OCC(C)C)c1. The lowest BCUT2D eigenvalue weighted by Gasteiger charge is -2.16. The molecule has 0 amide bonds. The molecule has 1 atom stereocenters. The molecule has 1 aromatic carbocycles. The Kier molecular flexibility index (Phi) is 9.28. The van der Waals surface area contributed by atoms with Gasteiger partial charge in [0.1, 0.15) is 12.5 Å². The van der Waals surface area contributed by atoms with Gasteiger partial charge in [0.25, 0.3) is 0 Å². The minimum absolute atomic E-state index is 0.0184. The van der Waals surface area contributed by atoms with Crippen LogP contribution >= 0.6 is 0 Å². The molecule has 24 heavy (non-hydrogen) atoms. The van der Waals surface area contributed by atoms with Crippen LogP contribution in [0.1, 0.15) is 38.8 Å². The summed E-state index contributed by atoms with van der Waals surface area (Å²) in [7, 11) is -1.84. The number of sulfonamides is 1. The molecule has 0 bridgehead atoms. The molecule has 138 valence electrons. The van der Waals surface area contributed by atoms with Crippen molar-refractivity contribution in [3.05, 3.63) is 29.8 Å². The molecule has 7 heteroatoms. The zero-order chi connectivity index (χ0) is 18.0. The molecule has 0 unspecified atom stereocenters. The van der Waals surface area contributed by atoms with Gasteiger partial charge in [-0.25, -0.2) is 13.1 Å². The van der Waals surface area contributed by atoms with Crippen molar-refractivity contribution in [1.82, 2.24) is 4.72 Å². The van der Waals surface area contributed by atoms with Crippen LogP contribution in [0.5, 0.6) is 5.75 Å². The van der Waals surface area contributed by atoms with Gasteiger partial charge in [-0.1, -0.05) is 26.0 Å². The van der Waals surface area contributed by atoms with E-state index in [9.17, 15) is 8.42 Å². The normalized spacial score (nSPS) is 13.2.